The lowest BCUT2D eigenvalue weighted by atomic mass is 10.00. The van der Waals surface area contributed by atoms with E-state index in [2.05, 4.69) is 55.6 Å². The average molecular weight is 538 g/mol. The van der Waals surface area contributed by atoms with E-state index in [4.69, 9.17) is 0 Å². The summed E-state index contributed by atoms with van der Waals surface area (Å²) in [6.45, 7) is 3.88. The zero-order chi connectivity index (χ0) is 28.3. The van der Waals surface area contributed by atoms with Crippen LogP contribution in [0, 0.1) is 0 Å². The van der Waals surface area contributed by atoms with E-state index in [0.717, 1.165) is 44.9 Å². The summed E-state index contributed by atoms with van der Waals surface area (Å²) in [5.41, 5.74) is 0. The largest absolute Gasteiger partial charge is 0.394 e. The minimum Gasteiger partial charge on any atom is -0.394 e. The van der Waals surface area contributed by atoms with Crippen LogP contribution in [0.25, 0.3) is 0 Å². The molecule has 0 heterocycles. The van der Waals surface area contributed by atoms with Crippen molar-refractivity contribution in [1.82, 2.24) is 5.32 Å². The molecule has 0 aromatic carbocycles. The van der Waals surface area contributed by atoms with Gasteiger partial charge in [0.15, 0.2) is 0 Å². The maximum Gasteiger partial charge on any atom is 0.249 e. The van der Waals surface area contributed by atoms with Crippen molar-refractivity contribution in [2.45, 2.75) is 154 Å². The molecule has 0 aliphatic heterocycles. The van der Waals surface area contributed by atoms with Gasteiger partial charge in [-0.1, -0.05) is 95.2 Å². The van der Waals surface area contributed by atoms with Crippen LogP contribution in [0.15, 0.2) is 36.5 Å². The fraction of sp³-hybridized carbons (Fsp3) is 0.781. The van der Waals surface area contributed by atoms with Crippen molar-refractivity contribution in [3.05, 3.63) is 36.5 Å². The quantitative estimate of drug-likeness (QED) is 0.0659. The number of unbranched alkanes of at least 4 members (excludes halogenated alkanes) is 11. The highest BCUT2D eigenvalue weighted by atomic mass is 16.3. The first-order valence-electron chi connectivity index (χ1n) is 15.4. The second kappa shape index (κ2) is 27.1. The lowest BCUT2D eigenvalue weighted by Gasteiger charge is -2.27. The number of hydrogen-bond acceptors (Lipinski definition) is 5. The van der Waals surface area contributed by atoms with E-state index >= 15 is 0 Å². The molecule has 0 aromatic heterocycles. The van der Waals surface area contributed by atoms with Gasteiger partial charge in [-0.05, 0) is 70.6 Å². The van der Waals surface area contributed by atoms with Gasteiger partial charge in [-0.3, -0.25) is 4.79 Å². The van der Waals surface area contributed by atoms with Gasteiger partial charge in [0.25, 0.3) is 0 Å². The predicted molar refractivity (Wildman–Crippen MR) is 159 cm³/mol. The average Bonchev–Trinajstić information content (AvgIpc) is 2.92. The van der Waals surface area contributed by atoms with Gasteiger partial charge in [-0.2, -0.15) is 0 Å². The summed E-state index contributed by atoms with van der Waals surface area (Å²) in [7, 11) is 0. The van der Waals surface area contributed by atoms with E-state index < -0.39 is 36.9 Å². The van der Waals surface area contributed by atoms with Gasteiger partial charge in [0.2, 0.25) is 5.91 Å². The van der Waals surface area contributed by atoms with Crippen LogP contribution < -0.4 is 5.32 Å². The predicted octanol–water partition coefficient (Wildman–Crippen LogP) is 6.28. The number of aliphatic hydroxyl groups excluding tert-OH is 4. The van der Waals surface area contributed by atoms with Gasteiger partial charge < -0.3 is 25.7 Å². The Balaban J connectivity index is 4.03. The third kappa shape index (κ3) is 21.5. The molecule has 0 radical (unpaired) electrons. The highest BCUT2D eigenvalue weighted by Crippen LogP contribution is 2.12. The van der Waals surface area contributed by atoms with Gasteiger partial charge in [0.1, 0.15) is 12.2 Å². The van der Waals surface area contributed by atoms with Crippen LogP contribution in [0.4, 0.5) is 0 Å². The number of aliphatic hydroxyl groups is 4. The molecule has 0 rings (SSSR count). The Labute approximate surface area is 233 Å². The SMILES string of the molecule is CCC/C=C/CC/C=C/CCCC(O)C(O)C(CO)NC(=O)C(O)CCCC/C=C\CCCCCCCC. The summed E-state index contributed by atoms with van der Waals surface area (Å²) >= 11 is 0. The molecule has 6 nitrogen and oxygen atoms in total. The second-order valence-electron chi connectivity index (χ2n) is 10.4. The van der Waals surface area contributed by atoms with Crippen molar-refractivity contribution in [1.29, 1.82) is 0 Å². The van der Waals surface area contributed by atoms with Crippen molar-refractivity contribution < 1.29 is 25.2 Å². The van der Waals surface area contributed by atoms with E-state index in [-0.39, 0.29) is 0 Å². The number of amides is 1. The number of rotatable bonds is 26. The zero-order valence-electron chi connectivity index (χ0n) is 24.4. The van der Waals surface area contributed by atoms with Gasteiger partial charge in [0.05, 0.1) is 18.8 Å². The summed E-state index contributed by atoms with van der Waals surface area (Å²) in [5, 5.41) is 43.0. The summed E-state index contributed by atoms with van der Waals surface area (Å²) in [5.74, 6) is -0.621. The number of nitrogens with one attached hydrogen (secondary N) is 1. The Kier molecular flexibility index (Phi) is 26.1. The molecule has 0 saturated heterocycles. The van der Waals surface area contributed by atoms with Gasteiger partial charge in [-0.15, -0.1) is 0 Å². The third-order valence-electron chi connectivity index (χ3n) is 6.78. The topological polar surface area (TPSA) is 110 Å². The number of carbonyl (C=O) groups excluding carboxylic acids is 1. The van der Waals surface area contributed by atoms with E-state index in [1.54, 1.807) is 0 Å². The normalized spacial score (nSPS) is 15.4. The Morgan fingerprint density at radius 1 is 0.632 bits per heavy atom. The lowest BCUT2D eigenvalue weighted by molar-refractivity contribution is -0.132. The second-order valence-corrected chi connectivity index (χ2v) is 10.4. The van der Waals surface area contributed by atoms with Crippen LogP contribution in [-0.4, -0.2) is 57.3 Å². The van der Waals surface area contributed by atoms with Gasteiger partial charge in [-0.25, -0.2) is 0 Å². The van der Waals surface area contributed by atoms with Crippen molar-refractivity contribution >= 4 is 5.91 Å². The first-order chi connectivity index (χ1) is 18.5. The zero-order valence-corrected chi connectivity index (χ0v) is 24.4. The Hall–Kier alpha value is -1.47. The fourth-order valence-corrected chi connectivity index (χ4v) is 4.24. The van der Waals surface area contributed by atoms with E-state index in [9.17, 15) is 25.2 Å². The molecule has 0 aliphatic rings. The minimum atomic E-state index is -1.29. The first kappa shape index (κ1) is 36.5. The summed E-state index contributed by atoms with van der Waals surface area (Å²) < 4.78 is 0. The molecule has 5 N–H and O–H groups in total. The molecule has 0 bridgehead atoms. The lowest BCUT2D eigenvalue weighted by Crippen LogP contribution is -2.53. The summed E-state index contributed by atoms with van der Waals surface area (Å²) in [6, 6.07) is -1.01. The molecule has 4 atom stereocenters. The molecule has 4 unspecified atom stereocenters. The highest BCUT2D eigenvalue weighted by molar-refractivity contribution is 5.80. The standard InChI is InChI=1S/C32H59NO5/c1-3-5-7-9-11-13-15-16-18-20-22-24-26-30(36)32(38)33-28(27-34)31(37)29(35)25-23-21-19-17-14-12-10-8-6-4-2/h8,10,16-19,28-31,34-37H,3-7,9,11-15,20-27H2,1-2H3,(H,33,38)/b10-8+,18-16-,19-17+. The van der Waals surface area contributed by atoms with Crippen LogP contribution in [0.5, 0.6) is 0 Å². The monoisotopic (exact) mass is 537 g/mol. The number of hydrogen-bond donors (Lipinski definition) is 5. The molecule has 222 valence electrons. The van der Waals surface area contributed by atoms with Crippen LogP contribution in [0.3, 0.4) is 0 Å². The summed E-state index contributed by atoms with van der Waals surface area (Å²) in [4.78, 5) is 12.3. The third-order valence-corrected chi connectivity index (χ3v) is 6.78. The number of carbonyl (C=O) groups is 1. The molecule has 0 fully saturated rings. The van der Waals surface area contributed by atoms with E-state index in [1.165, 1.54) is 44.9 Å². The molecule has 0 aromatic rings. The maximum atomic E-state index is 12.3. The number of allylic oxidation sites excluding steroid dienone is 6. The van der Waals surface area contributed by atoms with Crippen LogP contribution in [-0.2, 0) is 4.79 Å². The van der Waals surface area contributed by atoms with Crippen LogP contribution >= 0.6 is 0 Å². The summed E-state index contributed by atoms with van der Waals surface area (Å²) in [6.07, 6.45) is 27.4. The molecule has 0 aliphatic carbocycles. The molecule has 38 heavy (non-hydrogen) atoms. The Morgan fingerprint density at radius 3 is 1.76 bits per heavy atom. The molecule has 1 amide bonds. The van der Waals surface area contributed by atoms with Crippen LogP contribution in [0.2, 0.25) is 0 Å². The Bertz CT molecular complexity index is 619. The van der Waals surface area contributed by atoms with Gasteiger partial charge >= 0.3 is 0 Å². The Morgan fingerprint density at radius 2 is 1.16 bits per heavy atom. The van der Waals surface area contributed by atoms with E-state index in [0.29, 0.717) is 25.7 Å². The molecular formula is C32H59NO5. The molecule has 0 spiro atoms. The van der Waals surface area contributed by atoms with Gasteiger partial charge in [0, 0.05) is 0 Å². The van der Waals surface area contributed by atoms with Crippen molar-refractivity contribution in [2.75, 3.05) is 6.61 Å². The molecule has 6 heteroatoms. The molecule has 0 saturated carbocycles. The molecular weight excluding hydrogens is 478 g/mol. The first-order valence-corrected chi connectivity index (χ1v) is 15.4. The van der Waals surface area contributed by atoms with E-state index in [1.807, 2.05) is 0 Å². The van der Waals surface area contributed by atoms with Crippen LogP contribution in [0.1, 0.15) is 129 Å². The van der Waals surface area contributed by atoms with Crippen molar-refractivity contribution in [2.24, 2.45) is 0 Å². The minimum absolute atomic E-state index is 0.328. The maximum absolute atomic E-state index is 12.3. The van der Waals surface area contributed by atoms with Crippen molar-refractivity contribution in [3.63, 3.8) is 0 Å². The highest BCUT2D eigenvalue weighted by Gasteiger charge is 2.28. The smallest absolute Gasteiger partial charge is 0.249 e. The fourth-order valence-electron chi connectivity index (χ4n) is 4.24. The van der Waals surface area contributed by atoms with Crippen molar-refractivity contribution in [3.8, 4) is 0 Å².